The zero-order valence-electron chi connectivity index (χ0n) is 15.1. The molecular weight excluding hydrogens is 314 g/mol. The van der Waals surface area contributed by atoms with E-state index in [-0.39, 0.29) is 24.7 Å². The number of carbonyl (C=O) groups is 1. The molecule has 0 aliphatic heterocycles. The second kappa shape index (κ2) is 9.18. The van der Waals surface area contributed by atoms with E-state index in [2.05, 4.69) is 29.5 Å². The lowest BCUT2D eigenvalue weighted by atomic mass is 10.0. The van der Waals surface area contributed by atoms with Crippen LogP contribution in [0.5, 0.6) is 0 Å². The third-order valence-electron chi connectivity index (χ3n) is 4.08. The summed E-state index contributed by atoms with van der Waals surface area (Å²) in [4.78, 5) is 16.2. The van der Waals surface area contributed by atoms with Gasteiger partial charge in [-0.2, -0.15) is 0 Å². The lowest BCUT2D eigenvalue weighted by Gasteiger charge is -2.21. The molecule has 1 aromatic heterocycles. The number of aromatic nitrogens is 1. The van der Waals surface area contributed by atoms with Gasteiger partial charge < -0.3 is 15.7 Å². The SMILES string of the molecule is CC(C)CC(CO)NC(=O)NC(C)c1ccc(-c2ccncc2)cc1. The van der Waals surface area contributed by atoms with E-state index in [9.17, 15) is 9.90 Å². The van der Waals surface area contributed by atoms with Crippen molar-refractivity contribution in [1.82, 2.24) is 15.6 Å². The highest BCUT2D eigenvalue weighted by Gasteiger charge is 2.15. The average molecular weight is 341 g/mol. The monoisotopic (exact) mass is 341 g/mol. The number of benzene rings is 1. The largest absolute Gasteiger partial charge is 0.394 e. The third-order valence-corrected chi connectivity index (χ3v) is 4.08. The predicted molar refractivity (Wildman–Crippen MR) is 100 cm³/mol. The molecule has 0 aliphatic rings. The highest BCUT2D eigenvalue weighted by molar-refractivity contribution is 5.74. The van der Waals surface area contributed by atoms with Gasteiger partial charge in [0.25, 0.3) is 0 Å². The standard InChI is InChI=1S/C20H27N3O2/c1-14(2)12-19(13-24)23-20(25)22-15(3)16-4-6-17(7-5-16)18-8-10-21-11-9-18/h4-11,14-15,19,24H,12-13H2,1-3H3,(H2,22,23,25). The number of aliphatic hydroxyl groups is 1. The average Bonchev–Trinajstić information content (AvgIpc) is 2.61. The fourth-order valence-electron chi connectivity index (χ4n) is 2.76. The van der Waals surface area contributed by atoms with Crippen LogP contribution in [0.1, 0.15) is 38.8 Å². The molecule has 2 amide bonds. The lowest BCUT2D eigenvalue weighted by molar-refractivity contribution is 0.205. The highest BCUT2D eigenvalue weighted by atomic mass is 16.3. The summed E-state index contributed by atoms with van der Waals surface area (Å²) in [5.74, 6) is 0.413. The summed E-state index contributed by atoms with van der Waals surface area (Å²) in [6.07, 6.45) is 4.29. The molecule has 2 unspecified atom stereocenters. The molecule has 0 fully saturated rings. The normalized spacial score (nSPS) is 13.3. The van der Waals surface area contributed by atoms with Gasteiger partial charge in [0.05, 0.1) is 18.7 Å². The quantitative estimate of drug-likeness (QED) is 0.721. The van der Waals surface area contributed by atoms with E-state index in [0.29, 0.717) is 5.92 Å². The first-order valence-electron chi connectivity index (χ1n) is 8.67. The van der Waals surface area contributed by atoms with Gasteiger partial charge in [0.15, 0.2) is 0 Å². The van der Waals surface area contributed by atoms with E-state index in [1.165, 1.54) is 0 Å². The maximum absolute atomic E-state index is 12.1. The molecule has 2 rings (SSSR count). The zero-order chi connectivity index (χ0) is 18.2. The molecule has 2 atom stereocenters. The van der Waals surface area contributed by atoms with Crippen molar-refractivity contribution in [3.8, 4) is 11.1 Å². The summed E-state index contributed by atoms with van der Waals surface area (Å²) in [5.41, 5.74) is 3.25. The minimum Gasteiger partial charge on any atom is -0.394 e. The minimum absolute atomic E-state index is 0.0549. The molecule has 0 aliphatic carbocycles. The molecule has 0 radical (unpaired) electrons. The number of nitrogens with one attached hydrogen (secondary N) is 2. The molecule has 1 heterocycles. The smallest absolute Gasteiger partial charge is 0.315 e. The van der Waals surface area contributed by atoms with Crippen molar-refractivity contribution in [2.24, 2.45) is 5.92 Å². The molecular formula is C20H27N3O2. The number of hydrogen-bond donors (Lipinski definition) is 3. The van der Waals surface area contributed by atoms with E-state index in [4.69, 9.17) is 0 Å². The number of rotatable bonds is 7. The van der Waals surface area contributed by atoms with Crippen molar-refractivity contribution in [3.05, 3.63) is 54.4 Å². The summed E-state index contributed by atoms with van der Waals surface area (Å²) < 4.78 is 0. The first-order chi connectivity index (χ1) is 12.0. The first kappa shape index (κ1) is 18.9. The summed E-state index contributed by atoms with van der Waals surface area (Å²) in [5, 5.41) is 15.1. The van der Waals surface area contributed by atoms with Crippen molar-refractivity contribution < 1.29 is 9.90 Å². The Balaban J connectivity index is 1.94. The van der Waals surface area contributed by atoms with Gasteiger partial charge in [-0.05, 0) is 48.1 Å². The Bertz CT molecular complexity index is 656. The second-order valence-corrected chi connectivity index (χ2v) is 6.71. The van der Waals surface area contributed by atoms with Crippen LogP contribution in [0.3, 0.4) is 0 Å². The Labute approximate surface area is 149 Å². The number of nitrogens with zero attached hydrogens (tertiary/aromatic N) is 1. The molecule has 0 saturated heterocycles. The molecule has 0 bridgehead atoms. The van der Waals surface area contributed by atoms with Gasteiger partial charge in [-0.3, -0.25) is 4.98 Å². The highest BCUT2D eigenvalue weighted by Crippen LogP contribution is 2.21. The van der Waals surface area contributed by atoms with Crippen LogP contribution >= 0.6 is 0 Å². The van der Waals surface area contributed by atoms with Crippen molar-refractivity contribution in [1.29, 1.82) is 0 Å². The Morgan fingerprint density at radius 3 is 2.16 bits per heavy atom. The van der Waals surface area contributed by atoms with Gasteiger partial charge in [0.1, 0.15) is 0 Å². The van der Waals surface area contributed by atoms with E-state index in [0.717, 1.165) is 23.1 Å². The lowest BCUT2D eigenvalue weighted by Crippen LogP contribution is -2.45. The summed E-state index contributed by atoms with van der Waals surface area (Å²) >= 11 is 0. The third kappa shape index (κ3) is 5.87. The zero-order valence-corrected chi connectivity index (χ0v) is 15.1. The topological polar surface area (TPSA) is 74.2 Å². The van der Waals surface area contributed by atoms with Crippen LogP contribution in [0.25, 0.3) is 11.1 Å². The van der Waals surface area contributed by atoms with Crippen molar-refractivity contribution >= 4 is 6.03 Å². The Morgan fingerprint density at radius 1 is 1.00 bits per heavy atom. The Morgan fingerprint density at radius 2 is 1.60 bits per heavy atom. The molecule has 1 aromatic carbocycles. The van der Waals surface area contributed by atoms with Crippen LogP contribution < -0.4 is 10.6 Å². The summed E-state index contributed by atoms with van der Waals surface area (Å²) in [7, 11) is 0. The summed E-state index contributed by atoms with van der Waals surface area (Å²) in [6, 6.07) is 11.4. The van der Waals surface area contributed by atoms with E-state index >= 15 is 0 Å². The molecule has 0 saturated carbocycles. The van der Waals surface area contributed by atoms with Gasteiger partial charge in [-0.25, -0.2) is 4.79 Å². The summed E-state index contributed by atoms with van der Waals surface area (Å²) in [6.45, 7) is 6.02. The van der Waals surface area contributed by atoms with Gasteiger partial charge >= 0.3 is 6.03 Å². The number of carbonyl (C=O) groups excluding carboxylic acids is 1. The van der Waals surface area contributed by atoms with Crippen LogP contribution in [0.15, 0.2) is 48.8 Å². The van der Waals surface area contributed by atoms with Crippen LogP contribution in [-0.2, 0) is 0 Å². The van der Waals surface area contributed by atoms with E-state index in [1.54, 1.807) is 12.4 Å². The van der Waals surface area contributed by atoms with E-state index in [1.807, 2.05) is 43.3 Å². The van der Waals surface area contributed by atoms with Gasteiger partial charge in [0.2, 0.25) is 0 Å². The minimum atomic E-state index is -0.259. The fraction of sp³-hybridized carbons (Fsp3) is 0.400. The van der Waals surface area contributed by atoms with Gasteiger partial charge in [0, 0.05) is 12.4 Å². The molecule has 2 aromatic rings. The molecule has 5 heteroatoms. The number of hydrogen-bond acceptors (Lipinski definition) is 3. The fourth-order valence-corrected chi connectivity index (χ4v) is 2.76. The maximum Gasteiger partial charge on any atom is 0.315 e. The van der Waals surface area contributed by atoms with Crippen molar-refractivity contribution in [2.75, 3.05) is 6.61 Å². The number of pyridine rings is 1. The van der Waals surface area contributed by atoms with Crippen LogP contribution in [0, 0.1) is 5.92 Å². The molecule has 0 spiro atoms. The van der Waals surface area contributed by atoms with E-state index < -0.39 is 0 Å². The molecule has 25 heavy (non-hydrogen) atoms. The predicted octanol–water partition coefficient (Wildman–Crippen LogP) is 3.52. The van der Waals surface area contributed by atoms with Crippen LogP contribution in [0.4, 0.5) is 4.79 Å². The van der Waals surface area contributed by atoms with Crippen molar-refractivity contribution in [2.45, 2.75) is 39.3 Å². The van der Waals surface area contributed by atoms with Crippen LogP contribution in [-0.4, -0.2) is 28.8 Å². The Kier molecular flexibility index (Phi) is 6.95. The van der Waals surface area contributed by atoms with Gasteiger partial charge in [-0.15, -0.1) is 0 Å². The first-order valence-corrected chi connectivity index (χ1v) is 8.67. The van der Waals surface area contributed by atoms with Gasteiger partial charge in [-0.1, -0.05) is 38.1 Å². The second-order valence-electron chi connectivity index (χ2n) is 6.71. The number of urea groups is 1. The maximum atomic E-state index is 12.1. The number of aliphatic hydroxyl groups excluding tert-OH is 1. The Hall–Kier alpha value is -2.40. The number of amides is 2. The molecule has 3 N–H and O–H groups in total. The molecule has 5 nitrogen and oxygen atoms in total. The van der Waals surface area contributed by atoms with Crippen LogP contribution in [0.2, 0.25) is 0 Å². The molecule has 134 valence electrons. The van der Waals surface area contributed by atoms with Crippen molar-refractivity contribution in [3.63, 3.8) is 0 Å².